The van der Waals surface area contributed by atoms with Gasteiger partial charge in [-0.1, -0.05) is 55.8 Å². The Kier molecular flexibility index (Phi) is 9.97. The molecule has 8 heteroatoms. The lowest BCUT2D eigenvalue weighted by Gasteiger charge is -2.27. The second-order valence-corrected chi connectivity index (χ2v) is 12.3. The topological polar surface area (TPSA) is 80.8 Å². The van der Waals surface area contributed by atoms with Crippen LogP contribution >= 0.6 is 11.6 Å². The lowest BCUT2D eigenvalue weighted by Crippen LogP contribution is -2.38. The Balaban J connectivity index is 1.63. The van der Waals surface area contributed by atoms with Gasteiger partial charge < -0.3 is 9.64 Å². The van der Waals surface area contributed by atoms with E-state index < -0.39 is 15.6 Å². The molecule has 0 unspecified atom stereocenters. The molecule has 1 aliphatic rings. The number of ether oxygens (including phenoxy) is 1. The van der Waals surface area contributed by atoms with Crippen LogP contribution in [0.4, 0.5) is 0 Å². The number of methoxy groups -OCH3 is 1. The molecular weight excluding hydrogens is 498 g/mol. The number of benzene rings is 2. The summed E-state index contributed by atoms with van der Waals surface area (Å²) in [5.74, 6) is -0.0431. The highest BCUT2D eigenvalue weighted by Crippen LogP contribution is 2.27. The molecule has 3 rings (SSSR count). The van der Waals surface area contributed by atoms with E-state index in [0.29, 0.717) is 41.6 Å². The first kappa shape index (κ1) is 28.2. The van der Waals surface area contributed by atoms with Gasteiger partial charge in [-0.15, -0.1) is 0 Å². The minimum absolute atomic E-state index is 0.0592. The third kappa shape index (κ3) is 7.56. The number of rotatable bonds is 11. The quantitative estimate of drug-likeness (QED) is 0.367. The van der Waals surface area contributed by atoms with Crippen molar-refractivity contribution in [2.75, 3.05) is 19.4 Å². The van der Waals surface area contributed by atoms with E-state index in [1.165, 1.54) is 13.5 Å². The fourth-order valence-corrected chi connectivity index (χ4v) is 6.21. The van der Waals surface area contributed by atoms with Gasteiger partial charge in [0.05, 0.1) is 17.6 Å². The lowest BCUT2D eigenvalue weighted by molar-refractivity contribution is -0.117. The normalized spacial score (nSPS) is 14.6. The predicted molar refractivity (Wildman–Crippen MR) is 143 cm³/mol. The largest absolute Gasteiger partial charge is 0.496 e. The van der Waals surface area contributed by atoms with E-state index in [-0.39, 0.29) is 22.6 Å². The summed E-state index contributed by atoms with van der Waals surface area (Å²) in [6.45, 7) is 4.32. The Hall–Kier alpha value is -2.38. The van der Waals surface area contributed by atoms with Crippen LogP contribution in [-0.4, -0.2) is 50.5 Å². The number of ketones is 1. The second-order valence-electron chi connectivity index (χ2n) is 9.84. The minimum Gasteiger partial charge on any atom is -0.496 e. The van der Waals surface area contributed by atoms with Crippen LogP contribution in [-0.2, 0) is 21.1 Å². The highest BCUT2D eigenvalue weighted by Gasteiger charge is 2.24. The molecule has 2 aromatic carbocycles. The van der Waals surface area contributed by atoms with Gasteiger partial charge in [-0.2, -0.15) is 0 Å². The fraction of sp³-hybridized carbons (Fsp3) is 0.500. The second kappa shape index (κ2) is 12.7. The maximum absolute atomic E-state index is 13.2. The molecule has 0 radical (unpaired) electrons. The number of hydrogen-bond acceptors (Lipinski definition) is 5. The van der Waals surface area contributed by atoms with Gasteiger partial charge in [0.25, 0.3) is 5.91 Å². The van der Waals surface area contributed by atoms with Crippen LogP contribution in [0.5, 0.6) is 5.75 Å². The number of carbonyl (C=O) groups excluding carboxylic acids is 2. The summed E-state index contributed by atoms with van der Waals surface area (Å²) in [6, 6.07) is 11.5. The summed E-state index contributed by atoms with van der Waals surface area (Å²) < 4.78 is 30.9. The Bertz CT molecular complexity index is 1150. The van der Waals surface area contributed by atoms with E-state index in [4.69, 9.17) is 16.3 Å². The molecule has 0 aromatic heterocycles. The standard InChI is InChI=1S/C28H36ClNO5S/c1-20(2)30(28(32)26-18-23(29)11-14-27(26)35-3)16-15-21-9-12-25(13-10-21)36(33,34)19-24(31)17-22-7-5-4-6-8-22/h9-14,18,20,22H,4-8,15-17,19H2,1-3H3. The van der Waals surface area contributed by atoms with Crippen LogP contribution < -0.4 is 4.74 Å². The number of Topliss-reactive ketones (excluding diaryl/α,β-unsaturated/α-hetero) is 1. The first-order valence-electron chi connectivity index (χ1n) is 12.6. The molecule has 0 saturated heterocycles. The Morgan fingerprint density at radius 3 is 2.33 bits per heavy atom. The van der Waals surface area contributed by atoms with Gasteiger partial charge in [0.1, 0.15) is 17.3 Å². The summed E-state index contributed by atoms with van der Waals surface area (Å²) in [5.41, 5.74) is 1.30. The summed E-state index contributed by atoms with van der Waals surface area (Å²) in [4.78, 5) is 27.6. The molecule has 0 spiro atoms. The number of nitrogens with zero attached hydrogens (tertiary/aromatic N) is 1. The maximum Gasteiger partial charge on any atom is 0.257 e. The maximum atomic E-state index is 13.2. The van der Waals surface area contributed by atoms with E-state index in [0.717, 1.165) is 31.2 Å². The molecule has 0 heterocycles. The van der Waals surface area contributed by atoms with Crippen LogP contribution in [0.3, 0.4) is 0 Å². The molecule has 1 aliphatic carbocycles. The van der Waals surface area contributed by atoms with E-state index >= 15 is 0 Å². The molecule has 1 amide bonds. The number of halogens is 1. The zero-order valence-electron chi connectivity index (χ0n) is 21.3. The number of carbonyl (C=O) groups is 2. The molecule has 0 atom stereocenters. The summed E-state index contributed by atoms with van der Waals surface area (Å²) in [7, 11) is -2.16. The monoisotopic (exact) mass is 533 g/mol. The Labute approximate surface area is 219 Å². The van der Waals surface area contributed by atoms with Crippen LogP contribution in [0.25, 0.3) is 0 Å². The summed E-state index contributed by atoms with van der Waals surface area (Å²) in [5, 5.41) is 0.455. The zero-order chi connectivity index (χ0) is 26.3. The molecule has 0 bridgehead atoms. The van der Waals surface area contributed by atoms with Crippen LogP contribution in [0.1, 0.15) is 68.3 Å². The van der Waals surface area contributed by atoms with Crippen LogP contribution in [0, 0.1) is 5.92 Å². The van der Waals surface area contributed by atoms with Crippen molar-refractivity contribution >= 4 is 33.1 Å². The number of amides is 1. The smallest absolute Gasteiger partial charge is 0.257 e. The molecular formula is C28H36ClNO5S. The molecule has 0 aliphatic heterocycles. The van der Waals surface area contributed by atoms with Crippen molar-refractivity contribution in [2.45, 2.75) is 69.7 Å². The summed E-state index contributed by atoms with van der Waals surface area (Å²) in [6.07, 6.45) is 6.38. The zero-order valence-corrected chi connectivity index (χ0v) is 22.9. The fourth-order valence-electron chi connectivity index (χ4n) is 4.78. The van der Waals surface area contributed by atoms with Crippen LogP contribution in [0.15, 0.2) is 47.4 Å². The van der Waals surface area contributed by atoms with E-state index in [1.54, 1.807) is 47.4 Å². The first-order valence-corrected chi connectivity index (χ1v) is 14.6. The van der Waals surface area contributed by atoms with Gasteiger partial charge in [0.15, 0.2) is 9.84 Å². The van der Waals surface area contributed by atoms with Gasteiger partial charge in [-0.25, -0.2) is 8.42 Å². The molecule has 1 saturated carbocycles. The third-order valence-electron chi connectivity index (χ3n) is 6.79. The Morgan fingerprint density at radius 2 is 1.72 bits per heavy atom. The number of hydrogen-bond donors (Lipinski definition) is 0. The molecule has 2 aromatic rings. The van der Waals surface area contributed by atoms with E-state index in [2.05, 4.69) is 0 Å². The SMILES string of the molecule is COc1ccc(Cl)cc1C(=O)N(CCc1ccc(S(=O)(=O)CC(=O)CC2CCCCC2)cc1)C(C)C. The first-order chi connectivity index (χ1) is 17.1. The van der Waals surface area contributed by atoms with Gasteiger partial charge in [0, 0.05) is 24.0 Å². The van der Waals surface area contributed by atoms with Crippen molar-refractivity contribution in [3.05, 3.63) is 58.6 Å². The lowest BCUT2D eigenvalue weighted by atomic mass is 9.86. The molecule has 36 heavy (non-hydrogen) atoms. The van der Waals surface area contributed by atoms with Crippen molar-refractivity contribution < 1.29 is 22.7 Å². The molecule has 1 fully saturated rings. The van der Waals surface area contributed by atoms with Gasteiger partial charge >= 0.3 is 0 Å². The van der Waals surface area contributed by atoms with Gasteiger partial charge in [0.2, 0.25) is 0 Å². The highest BCUT2D eigenvalue weighted by molar-refractivity contribution is 7.92. The van der Waals surface area contributed by atoms with Crippen molar-refractivity contribution in [1.82, 2.24) is 4.90 Å². The van der Waals surface area contributed by atoms with Gasteiger partial charge in [-0.3, -0.25) is 9.59 Å². The Morgan fingerprint density at radius 1 is 1.06 bits per heavy atom. The molecule has 196 valence electrons. The average Bonchev–Trinajstić information content (AvgIpc) is 2.84. The number of sulfone groups is 1. The van der Waals surface area contributed by atoms with Crippen LogP contribution in [0.2, 0.25) is 5.02 Å². The van der Waals surface area contributed by atoms with Crippen molar-refractivity contribution in [1.29, 1.82) is 0 Å². The third-order valence-corrected chi connectivity index (χ3v) is 8.72. The average molecular weight is 534 g/mol. The summed E-state index contributed by atoms with van der Waals surface area (Å²) >= 11 is 6.11. The van der Waals surface area contributed by atoms with E-state index in [9.17, 15) is 18.0 Å². The molecule has 0 N–H and O–H groups in total. The van der Waals surface area contributed by atoms with E-state index in [1.807, 2.05) is 13.8 Å². The van der Waals surface area contributed by atoms with Gasteiger partial charge in [-0.05, 0) is 62.1 Å². The highest BCUT2D eigenvalue weighted by atomic mass is 35.5. The predicted octanol–water partition coefficient (Wildman–Crippen LogP) is 5.76. The van der Waals surface area contributed by atoms with Crippen molar-refractivity contribution in [3.8, 4) is 5.75 Å². The van der Waals surface area contributed by atoms with Crippen molar-refractivity contribution in [2.24, 2.45) is 5.92 Å². The van der Waals surface area contributed by atoms with Crippen molar-refractivity contribution in [3.63, 3.8) is 0 Å². The minimum atomic E-state index is -3.67. The molecule has 6 nitrogen and oxygen atoms in total.